The van der Waals surface area contributed by atoms with Gasteiger partial charge in [0.1, 0.15) is 8.24 Å². The topological polar surface area (TPSA) is 24.9 Å². The maximum atomic E-state index is 4.54. The molecule has 0 aliphatic carbocycles. The van der Waals surface area contributed by atoms with Crippen LogP contribution in [-0.2, 0) is 0 Å². The summed E-state index contributed by atoms with van der Waals surface area (Å²) in [4.78, 5) is 8.06. The summed E-state index contributed by atoms with van der Waals surface area (Å²) in [5, 5.41) is 1.06. The maximum absolute atomic E-state index is 4.54. The molecule has 0 unspecified atom stereocenters. The van der Waals surface area contributed by atoms with Gasteiger partial charge in [-0.1, -0.05) is 43.1 Å². The second-order valence-electron chi connectivity index (χ2n) is 4.36. The zero-order valence-corrected chi connectivity index (χ0v) is 10.5. The van der Waals surface area contributed by atoms with Crippen molar-refractivity contribution in [2.45, 2.75) is 19.6 Å². The first kappa shape index (κ1) is 9.67. The van der Waals surface area contributed by atoms with Crippen LogP contribution < -0.4 is 4.98 Å². The smallest absolute Gasteiger partial charge is 0.175 e. The Labute approximate surface area is 89.1 Å². The Morgan fingerprint density at radius 3 is 2.57 bits per heavy atom. The monoisotopic (exact) mass is 222 g/mol. The van der Waals surface area contributed by atoms with Crippen LogP contribution in [0.5, 0.6) is 0 Å². The molecule has 0 saturated carbocycles. The van der Waals surface area contributed by atoms with Crippen molar-refractivity contribution in [3.8, 4) is 0 Å². The Bertz CT molecular complexity index is 412. The fourth-order valence-corrected chi connectivity index (χ4v) is 3.78. The van der Waals surface area contributed by atoms with Gasteiger partial charge in [0.25, 0.3) is 0 Å². The zero-order valence-electron chi connectivity index (χ0n) is 8.66. The Morgan fingerprint density at radius 2 is 1.93 bits per heavy atom. The highest BCUT2D eigenvalue weighted by atomic mass is 32.1. The minimum atomic E-state index is -1.26. The molecule has 0 aliphatic heterocycles. The highest BCUT2D eigenvalue weighted by Gasteiger charge is 2.15. The first-order valence-corrected chi connectivity index (χ1v) is 9.00. The van der Waals surface area contributed by atoms with E-state index in [-0.39, 0.29) is 0 Å². The third-order valence-corrected chi connectivity index (χ3v) is 3.90. The van der Waals surface area contributed by atoms with Crippen LogP contribution in [0.4, 0.5) is 5.13 Å². The van der Waals surface area contributed by atoms with Crippen molar-refractivity contribution in [3.05, 3.63) is 24.3 Å². The third-order valence-electron chi connectivity index (χ3n) is 1.78. The molecule has 1 aromatic carbocycles. The summed E-state index contributed by atoms with van der Waals surface area (Å²) < 4.78 is 1.26. The number of hydrogen-bond donors (Lipinski definition) is 1. The quantitative estimate of drug-likeness (QED) is 0.786. The second-order valence-corrected chi connectivity index (χ2v) is 10.1. The normalized spacial score (nSPS) is 11.9. The largest absolute Gasteiger partial charge is 0.388 e. The number of aromatic nitrogens is 1. The first-order chi connectivity index (χ1) is 6.54. The Balaban J connectivity index is 2.36. The number of rotatable bonds is 2. The number of benzene rings is 1. The number of fused-ring (bicyclic) bond motifs is 1. The molecule has 0 fully saturated rings. The number of nitrogens with zero attached hydrogens (tertiary/aromatic N) is 1. The lowest BCUT2D eigenvalue weighted by molar-refractivity contribution is 1.46. The van der Waals surface area contributed by atoms with E-state index in [1.165, 1.54) is 4.70 Å². The lowest BCUT2D eigenvalue weighted by atomic mass is 10.3. The van der Waals surface area contributed by atoms with E-state index in [2.05, 4.69) is 47.8 Å². The number of thiazole rings is 1. The van der Waals surface area contributed by atoms with E-state index in [9.17, 15) is 0 Å². The zero-order chi connectivity index (χ0) is 10.2. The van der Waals surface area contributed by atoms with E-state index in [1.807, 2.05) is 6.07 Å². The number of para-hydroxylation sites is 1. The molecule has 0 spiro atoms. The Kier molecular flexibility index (Phi) is 2.32. The molecule has 0 atom stereocenters. The number of nitrogens with one attached hydrogen (secondary N) is 1. The van der Waals surface area contributed by atoms with Gasteiger partial charge in [0.15, 0.2) is 5.13 Å². The van der Waals surface area contributed by atoms with Crippen molar-refractivity contribution in [2.75, 3.05) is 4.98 Å². The molecule has 0 amide bonds. The van der Waals surface area contributed by atoms with E-state index in [0.717, 1.165) is 10.6 Å². The summed E-state index contributed by atoms with van der Waals surface area (Å²) in [5.74, 6) is 0. The molecule has 1 aromatic heterocycles. The second kappa shape index (κ2) is 3.36. The lowest BCUT2D eigenvalue weighted by Crippen LogP contribution is -2.31. The van der Waals surface area contributed by atoms with Crippen LogP contribution in [0.1, 0.15) is 0 Å². The highest BCUT2D eigenvalue weighted by Crippen LogP contribution is 2.26. The Hall–Kier alpha value is -0.873. The van der Waals surface area contributed by atoms with Crippen molar-refractivity contribution in [1.82, 2.24) is 4.98 Å². The minimum Gasteiger partial charge on any atom is -0.388 e. The fourth-order valence-electron chi connectivity index (χ4n) is 1.25. The van der Waals surface area contributed by atoms with Gasteiger partial charge in [-0.2, -0.15) is 0 Å². The molecule has 0 bridgehead atoms. The van der Waals surface area contributed by atoms with Gasteiger partial charge < -0.3 is 4.98 Å². The summed E-state index contributed by atoms with van der Waals surface area (Å²) in [7, 11) is -1.26. The molecule has 0 saturated heterocycles. The predicted octanol–water partition coefficient (Wildman–Crippen LogP) is 3.54. The van der Waals surface area contributed by atoms with E-state index >= 15 is 0 Å². The van der Waals surface area contributed by atoms with Crippen LogP contribution >= 0.6 is 11.3 Å². The first-order valence-electron chi connectivity index (χ1n) is 4.68. The average Bonchev–Trinajstić information content (AvgIpc) is 2.42. The molecule has 2 aromatic rings. The van der Waals surface area contributed by atoms with Crippen molar-refractivity contribution < 1.29 is 0 Å². The molecule has 2 nitrogen and oxygen atoms in total. The van der Waals surface area contributed by atoms with Gasteiger partial charge in [-0.3, -0.25) is 0 Å². The molecule has 74 valence electrons. The predicted molar refractivity (Wildman–Crippen MR) is 66.6 cm³/mol. The number of hydrogen-bond acceptors (Lipinski definition) is 3. The summed E-state index contributed by atoms with van der Waals surface area (Å²) >= 11 is 1.74. The molecule has 1 N–H and O–H groups in total. The van der Waals surface area contributed by atoms with Crippen LogP contribution in [0.15, 0.2) is 24.3 Å². The van der Waals surface area contributed by atoms with E-state index in [4.69, 9.17) is 0 Å². The van der Waals surface area contributed by atoms with Gasteiger partial charge in [-0.05, 0) is 12.1 Å². The van der Waals surface area contributed by atoms with E-state index < -0.39 is 8.24 Å². The van der Waals surface area contributed by atoms with Crippen LogP contribution in [0.25, 0.3) is 10.2 Å². The van der Waals surface area contributed by atoms with Gasteiger partial charge in [-0.25, -0.2) is 4.98 Å². The molecule has 2 rings (SSSR count). The third kappa shape index (κ3) is 2.13. The van der Waals surface area contributed by atoms with Gasteiger partial charge in [-0.15, -0.1) is 0 Å². The molecule has 0 aliphatic rings. The van der Waals surface area contributed by atoms with E-state index in [1.54, 1.807) is 11.3 Å². The molecule has 0 radical (unpaired) electrons. The van der Waals surface area contributed by atoms with Crippen molar-refractivity contribution >= 4 is 34.9 Å². The van der Waals surface area contributed by atoms with Gasteiger partial charge >= 0.3 is 0 Å². The van der Waals surface area contributed by atoms with Crippen molar-refractivity contribution in [1.29, 1.82) is 0 Å². The van der Waals surface area contributed by atoms with Gasteiger partial charge in [0, 0.05) is 0 Å². The van der Waals surface area contributed by atoms with Crippen LogP contribution in [0.2, 0.25) is 19.6 Å². The summed E-state index contributed by atoms with van der Waals surface area (Å²) in [5.41, 5.74) is 1.10. The minimum absolute atomic E-state index is 1.06. The van der Waals surface area contributed by atoms with E-state index in [0.29, 0.717) is 0 Å². The SMILES string of the molecule is C[Si](C)(C)Nc1nc2ccccc2s1. The Morgan fingerprint density at radius 1 is 1.21 bits per heavy atom. The molecule has 4 heteroatoms. The van der Waals surface area contributed by atoms with Crippen molar-refractivity contribution in [2.24, 2.45) is 0 Å². The van der Waals surface area contributed by atoms with Crippen LogP contribution in [0.3, 0.4) is 0 Å². The molecule has 14 heavy (non-hydrogen) atoms. The maximum Gasteiger partial charge on any atom is 0.175 e. The summed E-state index contributed by atoms with van der Waals surface area (Å²) in [6.07, 6.45) is 0. The fraction of sp³-hybridized carbons (Fsp3) is 0.300. The molecular weight excluding hydrogens is 208 g/mol. The number of anilines is 1. The van der Waals surface area contributed by atoms with Crippen LogP contribution in [0, 0.1) is 0 Å². The van der Waals surface area contributed by atoms with Crippen molar-refractivity contribution in [3.63, 3.8) is 0 Å². The average molecular weight is 222 g/mol. The highest BCUT2D eigenvalue weighted by molar-refractivity contribution is 7.22. The molecular formula is C10H14N2SSi. The van der Waals surface area contributed by atoms with Gasteiger partial charge in [0.2, 0.25) is 0 Å². The molecule has 1 heterocycles. The summed E-state index contributed by atoms with van der Waals surface area (Å²) in [6, 6.07) is 8.25. The summed E-state index contributed by atoms with van der Waals surface area (Å²) in [6.45, 7) is 6.83. The van der Waals surface area contributed by atoms with Crippen LogP contribution in [-0.4, -0.2) is 13.2 Å². The standard InChI is InChI=1S/C10H14N2SSi/c1-14(2,3)12-10-11-8-6-4-5-7-9(8)13-10/h4-7H,1-3H3,(H,11,12). The lowest BCUT2D eigenvalue weighted by Gasteiger charge is -2.16. The van der Waals surface area contributed by atoms with Gasteiger partial charge in [0.05, 0.1) is 10.2 Å².